The molecule has 0 aliphatic rings. The van der Waals surface area contributed by atoms with E-state index in [-0.39, 0.29) is 38.0 Å². The number of rotatable bonds is 57. The molecule has 0 spiro atoms. The molecule has 1 unspecified atom stereocenters. The van der Waals surface area contributed by atoms with Gasteiger partial charge in [-0.1, -0.05) is 281 Å². The zero-order valence-electron chi connectivity index (χ0n) is 52.0. The molecular formula is C75H118O6. The van der Waals surface area contributed by atoms with Crippen LogP contribution in [0.4, 0.5) is 0 Å². The number of esters is 3. The van der Waals surface area contributed by atoms with E-state index in [0.29, 0.717) is 19.3 Å². The summed E-state index contributed by atoms with van der Waals surface area (Å²) in [5.74, 6) is -1.08. The quantitative estimate of drug-likeness (QED) is 0.0261. The molecule has 0 N–H and O–H groups in total. The lowest BCUT2D eigenvalue weighted by atomic mass is 10.0. The molecule has 0 radical (unpaired) electrons. The summed E-state index contributed by atoms with van der Waals surface area (Å²) in [5, 5.41) is 0. The smallest absolute Gasteiger partial charge is 0.306 e. The first-order valence-corrected chi connectivity index (χ1v) is 32.6. The summed E-state index contributed by atoms with van der Waals surface area (Å²) >= 11 is 0. The van der Waals surface area contributed by atoms with Gasteiger partial charge in [0.2, 0.25) is 0 Å². The number of unbranched alkanes of at least 4 members (excludes halogenated alkanes) is 18. The predicted octanol–water partition coefficient (Wildman–Crippen LogP) is 22.7. The van der Waals surface area contributed by atoms with Crippen molar-refractivity contribution >= 4 is 17.9 Å². The average molecular weight is 1120 g/mol. The predicted molar refractivity (Wildman–Crippen MR) is 352 cm³/mol. The summed E-state index contributed by atoms with van der Waals surface area (Å²) in [6, 6.07) is 0. The standard InChI is InChI=1S/C75H118O6/c1-4-7-10-13-16-19-22-25-27-29-31-33-35-36-37-38-40-41-43-45-47-50-53-56-59-62-65-68-74(77)80-71-72(70-79-73(76)67-64-61-58-55-52-49-24-21-18-15-12-9-6-3)81-75(78)69-66-63-60-57-54-51-48-46-44-42-39-34-32-30-28-26-23-20-17-14-11-8-5-2/h8-9,11-12,17-18,20-22,25-26,28-29,31-32,34-36,42,44,48-49,51-52,57-58,60-61,72H,4-7,10,13-16,19,23-24,27,30,33,37-41,43,45-47,50,53-56,59,62-71H2,1-3H3/b11-8-,12-9-,20-17-,21-18-,25-22-,28-26-,31-29-,34-32-,36-35-,44-42-,51-48-,52-49-,60-57-,61-58-. The summed E-state index contributed by atoms with van der Waals surface area (Å²) in [6.07, 6.45) is 99.6. The van der Waals surface area contributed by atoms with Gasteiger partial charge in [-0.15, -0.1) is 0 Å². The summed E-state index contributed by atoms with van der Waals surface area (Å²) in [6.45, 7) is 6.28. The van der Waals surface area contributed by atoms with Crippen LogP contribution in [-0.2, 0) is 28.6 Å². The molecular weight excluding hydrogens is 997 g/mol. The van der Waals surface area contributed by atoms with Gasteiger partial charge < -0.3 is 14.2 Å². The number of carbonyl (C=O) groups is 3. The van der Waals surface area contributed by atoms with Crippen molar-refractivity contribution < 1.29 is 28.6 Å². The minimum atomic E-state index is -0.849. The highest BCUT2D eigenvalue weighted by molar-refractivity contribution is 5.71. The first-order valence-electron chi connectivity index (χ1n) is 32.6. The van der Waals surface area contributed by atoms with E-state index in [9.17, 15) is 14.4 Å². The fourth-order valence-electron chi connectivity index (χ4n) is 8.39. The maximum atomic E-state index is 12.9. The van der Waals surface area contributed by atoms with Gasteiger partial charge in [0, 0.05) is 19.3 Å². The van der Waals surface area contributed by atoms with E-state index in [4.69, 9.17) is 14.2 Å². The van der Waals surface area contributed by atoms with Gasteiger partial charge in [0.25, 0.3) is 0 Å². The summed E-state index contributed by atoms with van der Waals surface area (Å²) in [7, 11) is 0. The van der Waals surface area contributed by atoms with Crippen molar-refractivity contribution in [2.45, 2.75) is 271 Å². The van der Waals surface area contributed by atoms with Crippen molar-refractivity contribution in [1.82, 2.24) is 0 Å². The van der Waals surface area contributed by atoms with Gasteiger partial charge in [0.15, 0.2) is 6.10 Å². The van der Waals surface area contributed by atoms with E-state index in [0.717, 1.165) is 109 Å². The number of hydrogen-bond donors (Lipinski definition) is 0. The molecule has 0 bridgehead atoms. The maximum Gasteiger partial charge on any atom is 0.306 e. The van der Waals surface area contributed by atoms with Gasteiger partial charge >= 0.3 is 17.9 Å². The number of allylic oxidation sites excluding steroid dienone is 28. The average Bonchev–Trinajstić information content (AvgIpc) is 3.46. The van der Waals surface area contributed by atoms with E-state index in [1.807, 2.05) is 12.2 Å². The van der Waals surface area contributed by atoms with Crippen molar-refractivity contribution in [3.63, 3.8) is 0 Å². The lowest BCUT2D eigenvalue weighted by Crippen LogP contribution is -2.30. The fourth-order valence-corrected chi connectivity index (χ4v) is 8.39. The highest BCUT2D eigenvalue weighted by Crippen LogP contribution is 2.15. The zero-order chi connectivity index (χ0) is 58.5. The lowest BCUT2D eigenvalue weighted by Gasteiger charge is -2.18. The molecule has 0 aliphatic heterocycles. The van der Waals surface area contributed by atoms with Crippen molar-refractivity contribution in [3.8, 4) is 0 Å². The molecule has 0 amide bonds. The normalized spacial score (nSPS) is 13.3. The van der Waals surface area contributed by atoms with Crippen molar-refractivity contribution in [3.05, 3.63) is 170 Å². The Balaban J connectivity index is 4.47. The van der Waals surface area contributed by atoms with Gasteiger partial charge in [-0.05, 0) is 135 Å². The van der Waals surface area contributed by atoms with Gasteiger partial charge in [0.1, 0.15) is 13.2 Å². The Labute approximate surface area is 498 Å². The Morgan fingerprint density at radius 1 is 0.259 bits per heavy atom. The molecule has 0 rings (SSSR count). The topological polar surface area (TPSA) is 78.9 Å². The van der Waals surface area contributed by atoms with Crippen LogP contribution in [0.1, 0.15) is 265 Å². The molecule has 81 heavy (non-hydrogen) atoms. The van der Waals surface area contributed by atoms with Crippen molar-refractivity contribution in [2.75, 3.05) is 13.2 Å². The third-order valence-electron chi connectivity index (χ3n) is 13.2. The molecule has 6 heteroatoms. The first kappa shape index (κ1) is 75.8. The summed E-state index contributed by atoms with van der Waals surface area (Å²) in [4.78, 5) is 38.3. The second-order valence-electron chi connectivity index (χ2n) is 20.9. The van der Waals surface area contributed by atoms with Crippen LogP contribution in [0.25, 0.3) is 0 Å². The summed E-state index contributed by atoms with van der Waals surface area (Å²) in [5.41, 5.74) is 0. The van der Waals surface area contributed by atoms with Crippen LogP contribution >= 0.6 is 0 Å². The molecule has 454 valence electrons. The van der Waals surface area contributed by atoms with E-state index >= 15 is 0 Å². The molecule has 6 nitrogen and oxygen atoms in total. The van der Waals surface area contributed by atoms with Crippen LogP contribution in [0.2, 0.25) is 0 Å². The van der Waals surface area contributed by atoms with Crippen LogP contribution in [0.15, 0.2) is 170 Å². The lowest BCUT2D eigenvalue weighted by molar-refractivity contribution is -0.166. The SMILES string of the molecule is CC/C=C\C/C=C\C/C=C\C/C=C\C/C=C\C/C=C\C/C=C\CCCC(=O)OC(COC(=O)CC/C=C\C/C=C\C/C=C\C/C=C\CC)COC(=O)CCCCCCCCCCCCCC/C=C\C/C=C\C/C=C\CCCCCCC. The van der Waals surface area contributed by atoms with Crippen molar-refractivity contribution in [2.24, 2.45) is 0 Å². The minimum absolute atomic E-state index is 0.132. The molecule has 0 aliphatic carbocycles. The third-order valence-corrected chi connectivity index (χ3v) is 13.2. The molecule has 0 saturated heterocycles. The molecule has 0 fully saturated rings. The van der Waals surface area contributed by atoms with E-state index in [1.165, 1.54) is 103 Å². The van der Waals surface area contributed by atoms with Crippen LogP contribution in [-0.4, -0.2) is 37.2 Å². The molecule has 0 aromatic carbocycles. The Hall–Kier alpha value is -5.23. The Morgan fingerprint density at radius 2 is 0.519 bits per heavy atom. The molecule has 0 aromatic heterocycles. The minimum Gasteiger partial charge on any atom is -0.462 e. The van der Waals surface area contributed by atoms with Gasteiger partial charge in [-0.25, -0.2) is 0 Å². The van der Waals surface area contributed by atoms with Gasteiger partial charge in [0.05, 0.1) is 0 Å². The molecule has 0 heterocycles. The van der Waals surface area contributed by atoms with Crippen LogP contribution in [0, 0.1) is 0 Å². The number of carbonyl (C=O) groups excluding carboxylic acids is 3. The van der Waals surface area contributed by atoms with E-state index in [2.05, 4.69) is 179 Å². The number of hydrogen-bond acceptors (Lipinski definition) is 6. The molecule has 0 saturated carbocycles. The molecule has 1 atom stereocenters. The van der Waals surface area contributed by atoms with E-state index < -0.39 is 12.1 Å². The largest absolute Gasteiger partial charge is 0.462 e. The second kappa shape index (κ2) is 67.3. The van der Waals surface area contributed by atoms with Crippen LogP contribution < -0.4 is 0 Å². The zero-order valence-corrected chi connectivity index (χ0v) is 52.0. The second-order valence-corrected chi connectivity index (χ2v) is 20.9. The van der Waals surface area contributed by atoms with Crippen LogP contribution in [0.5, 0.6) is 0 Å². The first-order chi connectivity index (χ1) is 40.0. The Morgan fingerprint density at radius 3 is 0.864 bits per heavy atom. The maximum absolute atomic E-state index is 12.9. The van der Waals surface area contributed by atoms with Gasteiger partial charge in [-0.3, -0.25) is 14.4 Å². The third kappa shape index (κ3) is 65.5. The Bertz CT molecular complexity index is 1860. The monoisotopic (exact) mass is 1110 g/mol. The highest BCUT2D eigenvalue weighted by atomic mass is 16.6. The summed E-state index contributed by atoms with van der Waals surface area (Å²) < 4.78 is 16.8. The van der Waals surface area contributed by atoms with Crippen molar-refractivity contribution in [1.29, 1.82) is 0 Å². The molecule has 0 aromatic rings. The fraction of sp³-hybridized carbons (Fsp3) is 0.587. The number of ether oxygens (including phenoxy) is 3. The Kier molecular flexibility index (Phi) is 62.9. The van der Waals surface area contributed by atoms with Gasteiger partial charge in [-0.2, -0.15) is 0 Å². The highest BCUT2D eigenvalue weighted by Gasteiger charge is 2.19. The van der Waals surface area contributed by atoms with Crippen LogP contribution in [0.3, 0.4) is 0 Å². The van der Waals surface area contributed by atoms with E-state index in [1.54, 1.807) is 0 Å².